The van der Waals surface area contributed by atoms with Gasteiger partial charge >= 0.3 is 30.8 Å². The van der Waals surface area contributed by atoms with E-state index in [4.69, 9.17) is 0 Å². The number of hydrogen-bond acceptors (Lipinski definition) is 8. The standard InChI is InChI=1S/CH2O8P2.Co/c2-10(3,4)6-1-7-11(5,8-1)9-1;/h(H2,2,3,4);/q;+2/p-2. The maximum Gasteiger partial charge on any atom is 2.00 e. The Morgan fingerprint density at radius 1 is 1.33 bits per heavy atom. The van der Waals surface area contributed by atoms with E-state index < -0.39 is 21.8 Å². The average molecular weight is 261 g/mol. The SMILES string of the molecule is O=P([O-])([O-])OC12OP(=O)(O1)O2.[Co+2]. The van der Waals surface area contributed by atoms with Gasteiger partial charge in [-0.15, -0.1) is 0 Å². The van der Waals surface area contributed by atoms with E-state index in [1.807, 2.05) is 0 Å². The van der Waals surface area contributed by atoms with Crippen molar-refractivity contribution in [3.05, 3.63) is 0 Å². The zero-order chi connectivity index (χ0) is 8.33. The molecule has 0 atom stereocenters. The van der Waals surface area contributed by atoms with Crippen LogP contribution in [0.4, 0.5) is 0 Å². The Labute approximate surface area is 76.2 Å². The largest absolute Gasteiger partial charge is 2.00 e. The average Bonchev–Trinajstić information content (AvgIpc) is 1.53. The molecule has 0 aromatic heterocycles. The van der Waals surface area contributed by atoms with E-state index in [9.17, 15) is 18.9 Å². The molecule has 3 rings (SSSR count). The van der Waals surface area contributed by atoms with Gasteiger partial charge in [-0.3, -0.25) is 4.52 Å². The molecule has 12 heavy (non-hydrogen) atoms. The second kappa shape index (κ2) is 2.61. The third-order valence-electron chi connectivity index (χ3n) is 0.894. The molecule has 0 aromatic carbocycles. The zero-order valence-corrected chi connectivity index (χ0v) is 7.82. The second-order valence-electron chi connectivity index (χ2n) is 1.76. The summed E-state index contributed by atoms with van der Waals surface area (Å²) in [5, 5.41) is 0. The van der Waals surface area contributed by atoms with E-state index in [1.54, 1.807) is 0 Å². The second-order valence-corrected chi connectivity index (χ2v) is 4.28. The van der Waals surface area contributed by atoms with Gasteiger partial charge < -0.3 is 14.4 Å². The number of phosphoric acid groups is 2. The quantitative estimate of drug-likeness (QED) is 0.558. The van der Waals surface area contributed by atoms with Crippen LogP contribution in [-0.2, 0) is 44.0 Å². The monoisotopic (exact) mass is 261 g/mol. The molecule has 0 aromatic rings. The third kappa shape index (κ3) is 1.66. The van der Waals surface area contributed by atoms with Crippen LogP contribution in [0.15, 0.2) is 0 Å². The van der Waals surface area contributed by atoms with E-state index in [1.165, 1.54) is 0 Å². The normalized spacial score (nSPS) is 43.8. The Morgan fingerprint density at radius 2 is 1.75 bits per heavy atom. The molecule has 71 valence electrons. The Kier molecular flexibility index (Phi) is 2.35. The Bertz CT molecular complexity index is 265. The number of hydrogen-bond donors (Lipinski definition) is 0. The van der Waals surface area contributed by atoms with Crippen LogP contribution in [0, 0.1) is 0 Å². The summed E-state index contributed by atoms with van der Waals surface area (Å²) >= 11 is 0. The van der Waals surface area contributed by atoms with Gasteiger partial charge in [-0.05, 0) is 0 Å². The minimum absolute atomic E-state index is 0. The fourth-order valence-corrected chi connectivity index (χ4v) is 2.15. The van der Waals surface area contributed by atoms with Gasteiger partial charge in [0.2, 0.25) is 0 Å². The van der Waals surface area contributed by atoms with Crippen LogP contribution in [0.1, 0.15) is 0 Å². The summed E-state index contributed by atoms with van der Waals surface area (Å²) in [6, 6.07) is 0. The molecule has 11 heteroatoms. The number of phosphoric ester groups is 2. The van der Waals surface area contributed by atoms with Crippen molar-refractivity contribution >= 4 is 15.6 Å². The van der Waals surface area contributed by atoms with Gasteiger partial charge in [0.25, 0.3) is 0 Å². The van der Waals surface area contributed by atoms with Gasteiger partial charge in [0.1, 0.15) is 0 Å². The predicted molar refractivity (Wildman–Crippen MR) is 22.3 cm³/mol. The fourth-order valence-electron chi connectivity index (χ4n) is 0.618. The molecule has 0 aliphatic carbocycles. The first kappa shape index (κ1) is 10.8. The van der Waals surface area contributed by atoms with Crippen LogP contribution < -0.4 is 9.79 Å². The summed E-state index contributed by atoms with van der Waals surface area (Å²) in [4.78, 5) is 19.8. The zero-order valence-electron chi connectivity index (χ0n) is 4.99. The molecule has 3 aliphatic rings. The number of rotatable bonds is 2. The van der Waals surface area contributed by atoms with E-state index in [-0.39, 0.29) is 16.8 Å². The molecule has 3 saturated heterocycles. The van der Waals surface area contributed by atoms with Crippen LogP contribution in [0.5, 0.6) is 0 Å². The minimum atomic E-state index is -5.24. The van der Waals surface area contributed by atoms with Crippen molar-refractivity contribution in [2.24, 2.45) is 0 Å². The summed E-state index contributed by atoms with van der Waals surface area (Å²) in [5.74, 6) is 0. The molecule has 0 saturated carbocycles. The molecule has 0 N–H and O–H groups in total. The van der Waals surface area contributed by atoms with E-state index in [2.05, 4.69) is 18.1 Å². The molecule has 3 fully saturated rings. The van der Waals surface area contributed by atoms with Crippen molar-refractivity contribution in [1.29, 1.82) is 0 Å². The molecule has 3 aliphatic heterocycles. The smallest absolute Gasteiger partial charge is 0.790 e. The summed E-state index contributed by atoms with van der Waals surface area (Å²) in [5.41, 5.74) is 0. The van der Waals surface area contributed by atoms with Crippen molar-refractivity contribution in [2.45, 2.75) is 6.16 Å². The van der Waals surface area contributed by atoms with Crippen LogP contribution in [0.2, 0.25) is 0 Å². The first-order valence-corrected chi connectivity index (χ1v) is 5.20. The Morgan fingerprint density at radius 3 is 2.00 bits per heavy atom. The summed E-state index contributed by atoms with van der Waals surface area (Å²) in [7, 11) is -8.74. The summed E-state index contributed by atoms with van der Waals surface area (Å²) in [6.45, 7) is 0. The molecule has 2 bridgehead atoms. The van der Waals surface area contributed by atoms with Gasteiger partial charge in [0.15, 0.2) is 0 Å². The molecule has 0 amide bonds. The van der Waals surface area contributed by atoms with Crippen molar-refractivity contribution in [3.8, 4) is 0 Å². The first-order chi connectivity index (χ1) is 4.83. The van der Waals surface area contributed by atoms with Gasteiger partial charge in [0, 0.05) is 0 Å². The van der Waals surface area contributed by atoms with Crippen LogP contribution in [-0.4, -0.2) is 6.16 Å². The maximum atomic E-state index is 10.4. The van der Waals surface area contributed by atoms with Crippen LogP contribution >= 0.6 is 15.6 Å². The van der Waals surface area contributed by atoms with Gasteiger partial charge in [-0.2, -0.15) is 0 Å². The molecular formula is CCoO8P2. The Balaban J connectivity index is 0.000000720. The van der Waals surface area contributed by atoms with Gasteiger partial charge in [-0.1, -0.05) is 0 Å². The molecule has 0 spiro atoms. The van der Waals surface area contributed by atoms with E-state index in [0.29, 0.717) is 0 Å². The van der Waals surface area contributed by atoms with Gasteiger partial charge in [-0.25, -0.2) is 18.1 Å². The maximum absolute atomic E-state index is 10.4. The molecular weight excluding hydrogens is 261 g/mol. The third-order valence-corrected chi connectivity index (χ3v) is 2.68. The molecule has 3 heterocycles. The van der Waals surface area contributed by atoms with Crippen molar-refractivity contribution in [2.75, 3.05) is 0 Å². The van der Waals surface area contributed by atoms with Crippen molar-refractivity contribution < 1.29 is 53.8 Å². The summed E-state index contributed by atoms with van der Waals surface area (Å²) < 4.78 is 36.2. The minimum Gasteiger partial charge on any atom is -0.790 e. The van der Waals surface area contributed by atoms with Crippen molar-refractivity contribution in [1.82, 2.24) is 0 Å². The molecule has 0 unspecified atom stereocenters. The van der Waals surface area contributed by atoms with E-state index >= 15 is 0 Å². The van der Waals surface area contributed by atoms with Crippen LogP contribution in [0.25, 0.3) is 0 Å². The summed E-state index contributed by atoms with van der Waals surface area (Å²) in [6.07, 6.45) is -2.34. The van der Waals surface area contributed by atoms with Crippen molar-refractivity contribution in [3.63, 3.8) is 0 Å². The fraction of sp³-hybridized carbons (Fsp3) is 1.00. The first-order valence-electron chi connectivity index (χ1n) is 2.28. The topological polar surface area (TPSA) is 117 Å². The van der Waals surface area contributed by atoms with Crippen LogP contribution in [0.3, 0.4) is 0 Å². The Hall–Kier alpha value is 0.726. The molecule has 8 nitrogen and oxygen atoms in total. The molecule has 1 radical (unpaired) electrons. The predicted octanol–water partition coefficient (Wildman–Crippen LogP) is -1.37. The van der Waals surface area contributed by atoms with Gasteiger partial charge in [0.05, 0.1) is 7.82 Å². The van der Waals surface area contributed by atoms with E-state index in [0.717, 1.165) is 0 Å².